The molecule has 182 valence electrons. The number of aryl methyl sites for hydroxylation is 2. The first-order valence-electron chi connectivity index (χ1n) is 12.4. The third kappa shape index (κ3) is 3.66. The zero-order valence-electron chi connectivity index (χ0n) is 20.1. The Hall–Kier alpha value is -2.83. The van der Waals surface area contributed by atoms with Gasteiger partial charge in [0.1, 0.15) is 5.60 Å². The lowest BCUT2D eigenvalue weighted by molar-refractivity contribution is -0.143. The molecular weight excluding hydrogens is 462 g/mol. The van der Waals surface area contributed by atoms with Gasteiger partial charge in [0.2, 0.25) is 11.8 Å². The lowest BCUT2D eigenvalue weighted by Gasteiger charge is -2.39. The van der Waals surface area contributed by atoms with Gasteiger partial charge in [-0.2, -0.15) is 0 Å². The molecule has 2 aromatic rings. The van der Waals surface area contributed by atoms with Crippen LogP contribution in [0.15, 0.2) is 54.6 Å². The molecule has 6 rings (SSSR count). The molecule has 1 spiro atoms. The highest BCUT2D eigenvalue weighted by molar-refractivity contribution is 6.31. The van der Waals surface area contributed by atoms with E-state index in [-0.39, 0.29) is 17.9 Å². The molecule has 4 aliphatic rings. The quantitative estimate of drug-likeness (QED) is 0.613. The number of halogens is 1. The predicted octanol–water partition coefficient (Wildman–Crippen LogP) is 3.59. The van der Waals surface area contributed by atoms with E-state index in [1.54, 1.807) is 4.90 Å². The normalized spacial score (nSPS) is 29.3. The Bertz CT molecular complexity index is 1220. The molecule has 2 bridgehead atoms. The molecule has 4 unspecified atom stereocenters. The summed E-state index contributed by atoms with van der Waals surface area (Å²) in [5.41, 5.74) is 3.93. The van der Waals surface area contributed by atoms with Crippen LogP contribution in [0.2, 0.25) is 5.02 Å². The summed E-state index contributed by atoms with van der Waals surface area (Å²) in [5.74, 6) is -0.899. The van der Waals surface area contributed by atoms with Gasteiger partial charge in [0.05, 0.1) is 24.5 Å². The van der Waals surface area contributed by atoms with Gasteiger partial charge in [-0.15, -0.1) is 0 Å². The minimum atomic E-state index is -0.705. The molecular formula is C28H30ClN3O3. The second-order valence-electron chi connectivity index (χ2n) is 10.3. The third-order valence-electron chi connectivity index (χ3n) is 8.08. The Morgan fingerprint density at radius 3 is 2.66 bits per heavy atom. The van der Waals surface area contributed by atoms with Crippen LogP contribution < -0.4 is 4.90 Å². The number of benzene rings is 2. The molecule has 0 aliphatic carbocycles. The zero-order valence-corrected chi connectivity index (χ0v) is 20.9. The number of carbonyl (C=O) groups is 2. The van der Waals surface area contributed by atoms with Crippen LogP contribution in [0.1, 0.15) is 16.7 Å². The number of hydrogen-bond acceptors (Lipinski definition) is 4. The van der Waals surface area contributed by atoms with Gasteiger partial charge in [0.15, 0.2) is 0 Å². The molecule has 2 amide bonds. The average Bonchev–Trinajstić information content (AvgIpc) is 3.50. The van der Waals surface area contributed by atoms with Crippen LogP contribution in [-0.4, -0.2) is 66.0 Å². The lowest BCUT2D eigenvalue weighted by Crippen LogP contribution is -2.53. The summed E-state index contributed by atoms with van der Waals surface area (Å²) in [6.45, 7) is 7.98. The van der Waals surface area contributed by atoms with E-state index in [0.717, 1.165) is 18.7 Å². The Kier molecular flexibility index (Phi) is 5.42. The molecule has 3 saturated heterocycles. The number of piperazine rings is 1. The maximum Gasteiger partial charge on any atom is 0.230 e. The molecule has 0 radical (unpaired) electrons. The van der Waals surface area contributed by atoms with E-state index >= 15 is 0 Å². The second kappa shape index (κ2) is 8.38. The first kappa shape index (κ1) is 22.6. The Labute approximate surface area is 211 Å². The first-order valence-corrected chi connectivity index (χ1v) is 12.7. The van der Waals surface area contributed by atoms with E-state index in [1.807, 2.05) is 41.3 Å². The Morgan fingerprint density at radius 2 is 1.89 bits per heavy atom. The largest absolute Gasteiger partial charge is 0.368 e. The fraction of sp³-hybridized carbons (Fsp3) is 0.429. The first-order chi connectivity index (χ1) is 16.9. The van der Waals surface area contributed by atoms with Gasteiger partial charge in [0, 0.05) is 43.4 Å². The Morgan fingerprint density at radius 1 is 1.11 bits per heavy atom. The molecule has 4 aliphatic heterocycles. The molecule has 7 heteroatoms. The van der Waals surface area contributed by atoms with Crippen molar-refractivity contribution in [3.63, 3.8) is 0 Å². The van der Waals surface area contributed by atoms with Crippen molar-refractivity contribution >= 4 is 29.1 Å². The van der Waals surface area contributed by atoms with Gasteiger partial charge in [0.25, 0.3) is 0 Å². The second-order valence-corrected chi connectivity index (χ2v) is 10.7. The van der Waals surface area contributed by atoms with E-state index in [1.165, 1.54) is 16.8 Å². The number of carbonyl (C=O) groups excluding carboxylic acids is 2. The fourth-order valence-corrected chi connectivity index (χ4v) is 6.46. The molecule has 0 saturated carbocycles. The van der Waals surface area contributed by atoms with E-state index < -0.39 is 17.4 Å². The summed E-state index contributed by atoms with van der Waals surface area (Å²) in [5, 5.41) is 0.643. The van der Waals surface area contributed by atoms with Crippen LogP contribution in [0.4, 0.5) is 5.69 Å². The third-order valence-corrected chi connectivity index (χ3v) is 8.45. The van der Waals surface area contributed by atoms with Gasteiger partial charge < -0.3 is 19.4 Å². The minimum Gasteiger partial charge on any atom is -0.368 e. The number of rotatable bonds is 4. The SMILES string of the molecule is Cc1ccc(C)c(N2CCN(C(=O)C3C4C=CC5(CN(Cc6ccccc6Cl)C(=O)C35)O4)CC2)c1. The summed E-state index contributed by atoms with van der Waals surface area (Å²) < 4.78 is 6.33. The number of nitrogens with zero attached hydrogens (tertiary/aromatic N) is 3. The van der Waals surface area contributed by atoms with Gasteiger partial charge in [-0.3, -0.25) is 9.59 Å². The van der Waals surface area contributed by atoms with Crippen LogP contribution in [0.5, 0.6) is 0 Å². The smallest absolute Gasteiger partial charge is 0.230 e. The van der Waals surface area contributed by atoms with Crippen LogP contribution >= 0.6 is 11.6 Å². The molecule has 6 nitrogen and oxygen atoms in total. The molecule has 0 aromatic heterocycles. The molecule has 0 N–H and O–H groups in total. The molecule has 2 aromatic carbocycles. The molecule has 3 fully saturated rings. The van der Waals surface area contributed by atoms with Crippen molar-refractivity contribution in [2.24, 2.45) is 11.8 Å². The number of anilines is 1. The lowest BCUT2D eigenvalue weighted by atomic mass is 9.76. The van der Waals surface area contributed by atoms with Crippen molar-refractivity contribution in [3.05, 3.63) is 76.3 Å². The van der Waals surface area contributed by atoms with Crippen LogP contribution in [-0.2, 0) is 20.9 Å². The highest BCUT2D eigenvalue weighted by Crippen LogP contribution is 2.52. The van der Waals surface area contributed by atoms with E-state index in [2.05, 4.69) is 36.9 Å². The minimum absolute atomic E-state index is 0.0101. The number of fused-ring (bicyclic) bond motifs is 1. The van der Waals surface area contributed by atoms with E-state index in [0.29, 0.717) is 31.2 Å². The summed E-state index contributed by atoms with van der Waals surface area (Å²) in [7, 11) is 0. The highest BCUT2D eigenvalue weighted by atomic mass is 35.5. The summed E-state index contributed by atoms with van der Waals surface area (Å²) in [6.07, 6.45) is 3.67. The van der Waals surface area contributed by atoms with Crippen molar-refractivity contribution in [2.75, 3.05) is 37.6 Å². The van der Waals surface area contributed by atoms with Gasteiger partial charge in [-0.25, -0.2) is 0 Å². The van der Waals surface area contributed by atoms with Crippen LogP contribution in [0.25, 0.3) is 0 Å². The van der Waals surface area contributed by atoms with E-state index in [9.17, 15) is 9.59 Å². The zero-order chi connectivity index (χ0) is 24.3. The van der Waals surface area contributed by atoms with Gasteiger partial charge >= 0.3 is 0 Å². The van der Waals surface area contributed by atoms with Gasteiger partial charge in [-0.05, 0) is 42.7 Å². The summed E-state index contributed by atoms with van der Waals surface area (Å²) in [4.78, 5) is 33.4. The van der Waals surface area contributed by atoms with Crippen molar-refractivity contribution in [1.29, 1.82) is 0 Å². The average molecular weight is 492 g/mol. The number of likely N-dealkylation sites (tertiary alicyclic amines) is 1. The van der Waals surface area contributed by atoms with Crippen LogP contribution in [0.3, 0.4) is 0 Å². The number of hydrogen-bond donors (Lipinski definition) is 0. The standard InChI is InChI=1S/C28H30ClN3O3/c1-18-7-8-19(2)22(15-18)30-11-13-31(14-12-30)26(33)24-23-9-10-28(35-23)17-32(27(34)25(24)28)16-20-5-3-4-6-21(20)29/h3-10,15,23-25H,11-14,16-17H2,1-2H3. The van der Waals surface area contributed by atoms with Crippen molar-refractivity contribution < 1.29 is 14.3 Å². The predicted molar refractivity (Wildman–Crippen MR) is 135 cm³/mol. The monoisotopic (exact) mass is 491 g/mol. The molecule has 35 heavy (non-hydrogen) atoms. The fourth-order valence-electron chi connectivity index (χ4n) is 6.26. The number of amides is 2. The maximum absolute atomic E-state index is 13.8. The summed E-state index contributed by atoms with van der Waals surface area (Å²) in [6, 6.07) is 14.1. The van der Waals surface area contributed by atoms with E-state index in [4.69, 9.17) is 16.3 Å². The summed E-state index contributed by atoms with van der Waals surface area (Å²) >= 11 is 6.35. The van der Waals surface area contributed by atoms with Crippen LogP contribution in [0, 0.1) is 25.7 Å². The Balaban J connectivity index is 1.17. The maximum atomic E-state index is 13.8. The highest BCUT2D eigenvalue weighted by Gasteiger charge is 2.67. The van der Waals surface area contributed by atoms with Crippen molar-refractivity contribution in [2.45, 2.75) is 32.1 Å². The van der Waals surface area contributed by atoms with Crippen molar-refractivity contribution in [1.82, 2.24) is 9.80 Å². The topological polar surface area (TPSA) is 53.1 Å². The van der Waals surface area contributed by atoms with Gasteiger partial charge in [-0.1, -0.05) is 54.1 Å². The molecule has 4 atom stereocenters. The molecule has 4 heterocycles. The van der Waals surface area contributed by atoms with Crippen molar-refractivity contribution in [3.8, 4) is 0 Å². The number of ether oxygens (including phenoxy) is 1.